The number of rotatable bonds is 4. The number of nitrogens with one attached hydrogen (secondary N) is 1. The third kappa shape index (κ3) is 3.62. The topological polar surface area (TPSA) is 15.3 Å². The molecule has 0 saturated carbocycles. The first kappa shape index (κ1) is 15.5. The molecule has 0 bridgehead atoms. The second kappa shape index (κ2) is 7.24. The molecule has 1 heterocycles. The van der Waals surface area contributed by atoms with E-state index in [0.29, 0.717) is 12.1 Å². The van der Waals surface area contributed by atoms with Crippen molar-refractivity contribution in [1.82, 2.24) is 10.2 Å². The van der Waals surface area contributed by atoms with Crippen molar-refractivity contribution >= 4 is 0 Å². The highest BCUT2D eigenvalue weighted by Crippen LogP contribution is 2.25. The Labute approximate surface area is 124 Å². The first-order chi connectivity index (χ1) is 9.63. The summed E-state index contributed by atoms with van der Waals surface area (Å²) in [6, 6.07) is 9.97. The Kier molecular flexibility index (Phi) is 5.62. The Balaban J connectivity index is 2.12. The highest BCUT2D eigenvalue weighted by molar-refractivity contribution is 5.28. The summed E-state index contributed by atoms with van der Waals surface area (Å²) in [5, 5.41) is 3.74. The van der Waals surface area contributed by atoms with Crippen LogP contribution in [0.5, 0.6) is 0 Å². The second-order valence-electron chi connectivity index (χ2n) is 6.33. The van der Waals surface area contributed by atoms with Crippen molar-refractivity contribution in [3.05, 3.63) is 35.4 Å². The van der Waals surface area contributed by atoms with Crippen molar-refractivity contribution in [2.45, 2.75) is 52.6 Å². The molecule has 2 rings (SSSR count). The molecule has 1 saturated heterocycles. The molecule has 1 aliphatic rings. The van der Waals surface area contributed by atoms with Gasteiger partial charge in [0.05, 0.1) is 0 Å². The Bertz CT molecular complexity index is 416. The Morgan fingerprint density at radius 2 is 2.05 bits per heavy atom. The van der Waals surface area contributed by atoms with Crippen LogP contribution in [-0.4, -0.2) is 30.6 Å². The molecule has 1 aliphatic heterocycles. The van der Waals surface area contributed by atoms with Gasteiger partial charge in [-0.05, 0) is 43.9 Å². The number of benzene rings is 1. The Morgan fingerprint density at radius 3 is 2.75 bits per heavy atom. The van der Waals surface area contributed by atoms with Crippen molar-refractivity contribution in [1.29, 1.82) is 0 Å². The van der Waals surface area contributed by atoms with E-state index in [4.69, 9.17) is 0 Å². The van der Waals surface area contributed by atoms with Gasteiger partial charge in [-0.1, -0.05) is 44.5 Å². The van der Waals surface area contributed by atoms with Gasteiger partial charge in [0.15, 0.2) is 0 Å². The number of hydrogen-bond donors (Lipinski definition) is 1. The van der Waals surface area contributed by atoms with Gasteiger partial charge in [-0.25, -0.2) is 0 Å². The smallest absolute Gasteiger partial charge is 0.0323 e. The lowest BCUT2D eigenvalue weighted by atomic mass is 9.97. The fourth-order valence-corrected chi connectivity index (χ4v) is 3.25. The van der Waals surface area contributed by atoms with E-state index in [1.54, 1.807) is 0 Å². The molecule has 2 nitrogen and oxygen atoms in total. The summed E-state index contributed by atoms with van der Waals surface area (Å²) in [4.78, 5) is 2.67. The summed E-state index contributed by atoms with van der Waals surface area (Å²) >= 11 is 0. The van der Waals surface area contributed by atoms with Gasteiger partial charge in [-0.2, -0.15) is 0 Å². The largest absolute Gasteiger partial charge is 0.312 e. The predicted molar refractivity (Wildman–Crippen MR) is 87.0 cm³/mol. The molecule has 0 aromatic heterocycles. The van der Waals surface area contributed by atoms with E-state index >= 15 is 0 Å². The van der Waals surface area contributed by atoms with Crippen LogP contribution in [0.15, 0.2) is 24.3 Å². The zero-order valence-electron chi connectivity index (χ0n) is 13.5. The normalized spacial score (nSPS) is 24.1. The van der Waals surface area contributed by atoms with Gasteiger partial charge in [0.1, 0.15) is 0 Å². The van der Waals surface area contributed by atoms with Crippen molar-refractivity contribution < 1.29 is 0 Å². The second-order valence-corrected chi connectivity index (χ2v) is 6.33. The average molecular weight is 274 g/mol. The van der Waals surface area contributed by atoms with Crippen LogP contribution in [0, 0.1) is 12.8 Å². The lowest BCUT2D eigenvalue weighted by molar-refractivity contribution is 0.188. The van der Waals surface area contributed by atoms with Gasteiger partial charge in [0, 0.05) is 25.2 Å². The van der Waals surface area contributed by atoms with Gasteiger partial charge in [0.2, 0.25) is 0 Å². The summed E-state index contributed by atoms with van der Waals surface area (Å²) in [5.41, 5.74) is 2.90. The SMILES string of the molecule is CCC(C)C1CN(C(C)c2ccccc2C)CCCN1. The zero-order valence-corrected chi connectivity index (χ0v) is 13.5. The van der Waals surface area contributed by atoms with Crippen molar-refractivity contribution in [3.63, 3.8) is 0 Å². The molecule has 1 N–H and O–H groups in total. The molecule has 1 fully saturated rings. The number of nitrogens with zero attached hydrogens (tertiary/aromatic N) is 1. The third-order valence-corrected chi connectivity index (χ3v) is 4.98. The minimum atomic E-state index is 0.516. The molecule has 0 spiro atoms. The first-order valence-electron chi connectivity index (χ1n) is 8.16. The van der Waals surface area contributed by atoms with Crippen LogP contribution < -0.4 is 5.32 Å². The van der Waals surface area contributed by atoms with Crippen LogP contribution in [0.3, 0.4) is 0 Å². The van der Waals surface area contributed by atoms with E-state index < -0.39 is 0 Å². The lowest BCUT2D eigenvalue weighted by Crippen LogP contribution is -2.42. The average Bonchev–Trinajstić information content (AvgIpc) is 2.72. The molecule has 20 heavy (non-hydrogen) atoms. The molecule has 0 amide bonds. The summed E-state index contributed by atoms with van der Waals surface area (Å²) in [6.45, 7) is 12.8. The maximum Gasteiger partial charge on any atom is 0.0323 e. The van der Waals surface area contributed by atoms with Crippen LogP contribution in [0.25, 0.3) is 0 Å². The molecule has 1 aromatic rings. The summed E-state index contributed by atoms with van der Waals surface area (Å²) in [6.07, 6.45) is 2.51. The van der Waals surface area contributed by atoms with Crippen molar-refractivity contribution in [2.24, 2.45) is 5.92 Å². The highest BCUT2D eigenvalue weighted by atomic mass is 15.2. The van der Waals surface area contributed by atoms with Crippen LogP contribution in [0.2, 0.25) is 0 Å². The molecule has 2 heteroatoms. The van der Waals surface area contributed by atoms with Crippen molar-refractivity contribution in [2.75, 3.05) is 19.6 Å². The fraction of sp³-hybridized carbons (Fsp3) is 0.667. The van der Waals surface area contributed by atoms with Crippen LogP contribution in [0.4, 0.5) is 0 Å². The van der Waals surface area contributed by atoms with Crippen LogP contribution >= 0.6 is 0 Å². The van der Waals surface area contributed by atoms with E-state index in [1.165, 1.54) is 37.1 Å². The molecular weight excluding hydrogens is 244 g/mol. The van der Waals surface area contributed by atoms with E-state index in [1.807, 2.05) is 0 Å². The molecule has 0 radical (unpaired) electrons. The maximum atomic E-state index is 3.74. The maximum absolute atomic E-state index is 3.74. The van der Waals surface area contributed by atoms with E-state index in [-0.39, 0.29) is 0 Å². The Hall–Kier alpha value is -0.860. The quantitative estimate of drug-likeness (QED) is 0.899. The molecule has 1 aromatic carbocycles. The van der Waals surface area contributed by atoms with E-state index in [2.05, 4.69) is 62.2 Å². The minimum absolute atomic E-state index is 0.516. The molecule has 112 valence electrons. The van der Waals surface area contributed by atoms with Gasteiger partial charge in [-0.3, -0.25) is 4.90 Å². The summed E-state index contributed by atoms with van der Waals surface area (Å²) in [5.74, 6) is 0.750. The predicted octanol–water partition coefficient (Wildman–Crippen LogP) is 3.77. The zero-order chi connectivity index (χ0) is 14.5. The monoisotopic (exact) mass is 274 g/mol. The lowest BCUT2D eigenvalue weighted by Gasteiger charge is -2.33. The summed E-state index contributed by atoms with van der Waals surface area (Å²) < 4.78 is 0. The fourth-order valence-electron chi connectivity index (χ4n) is 3.25. The van der Waals surface area contributed by atoms with Gasteiger partial charge in [0.25, 0.3) is 0 Å². The van der Waals surface area contributed by atoms with Gasteiger partial charge >= 0.3 is 0 Å². The van der Waals surface area contributed by atoms with Crippen LogP contribution in [-0.2, 0) is 0 Å². The van der Waals surface area contributed by atoms with E-state index in [9.17, 15) is 0 Å². The minimum Gasteiger partial charge on any atom is -0.312 e. The van der Waals surface area contributed by atoms with Gasteiger partial charge < -0.3 is 5.32 Å². The summed E-state index contributed by atoms with van der Waals surface area (Å²) in [7, 11) is 0. The third-order valence-electron chi connectivity index (χ3n) is 4.98. The number of aryl methyl sites for hydroxylation is 1. The number of hydrogen-bond acceptors (Lipinski definition) is 2. The molecule has 3 unspecified atom stereocenters. The Morgan fingerprint density at radius 1 is 1.30 bits per heavy atom. The van der Waals surface area contributed by atoms with Crippen LogP contribution in [0.1, 0.15) is 50.8 Å². The standard InChI is InChI=1S/C18H30N2/c1-5-14(2)18-13-20(12-8-11-19-18)16(4)17-10-7-6-9-15(17)3/h6-7,9-10,14,16,18-19H,5,8,11-13H2,1-4H3. The van der Waals surface area contributed by atoms with Gasteiger partial charge in [-0.15, -0.1) is 0 Å². The molecule has 0 aliphatic carbocycles. The van der Waals surface area contributed by atoms with E-state index in [0.717, 1.165) is 12.5 Å². The molecular formula is C18H30N2. The van der Waals surface area contributed by atoms with Crippen molar-refractivity contribution in [3.8, 4) is 0 Å². The molecule has 3 atom stereocenters. The first-order valence-corrected chi connectivity index (χ1v) is 8.16. The highest BCUT2D eigenvalue weighted by Gasteiger charge is 2.25.